The van der Waals surface area contributed by atoms with Crippen molar-refractivity contribution in [2.75, 3.05) is 0 Å². The van der Waals surface area contributed by atoms with Gasteiger partial charge in [-0.05, 0) is 0 Å². The van der Waals surface area contributed by atoms with Crippen molar-refractivity contribution < 1.29 is 9.90 Å². The zero-order valence-corrected chi connectivity index (χ0v) is 6.88. The van der Waals surface area contributed by atoms with E-state index in [9.17, 15) is 4.79 Å². The van der Waals surface area contributed by atoms with Crippen molar-refractivity contribution >= 4 is 17.4 Å². The molecule has 0 saturated heterocycles. The van der Waals surface area contributed by atoms with Gasteiger partial charge in [0.25, 0.3) is 5.82 Å². The molecule has 0 bridgehead atoms. The van der Waals surface area contributed by atoms with Crippen molar-refractivity contribution in [3.8, 4) is 0 Å². The molecule has 6 nitrogen and oxygen atoms in total. The topological polar surface area (TPSA) is 71.8 Å². The number of carbonyl (C=O) groups is 1. The Hall–Kier alpha value is -2.42. The second kappa shape index (κ2) is 2.81. The van der Waals surface area contributed by atoms with Gasteiger partial charge in [0.15, 0.2) is 5.69 Å². The lowest BCUT2D eigenvalue weighted by molar-refractivity contribution is 0.0690. The lowest BCUT2D eigenvalue weighted by atomic mass is 10.4. The summed E-state index contributed by atoms with van der Waals surface area (Å²) in [7, 11) is 0. The number of carboxylic acid groups (broad SMARTS) is 1. The highest BCUT2D eigenvalue weighted by molar-refractivity contribution is 5.85. The fourth-order valence-corrected chi connectivity index (χ4v) is 1.05. The van der Waals surface area contributed by atoms with Crippen LogP contribution in [0, 0.1) is 6.57 Å². The number of aromatic carboxylic acids is 1. The van der Waals surface area contributed by atoms with Crippen molar-refractivity contribution in [1.82, 2.24) is 14.4 Å². The Bertz CT molecular complexity index is 552. The predicted molar refractivity (Wildman–Crippen MR) is 46.2 cm³/mol. The molecule has 6 heteroatoms. The maximum Gasteiger partial charge on any atom is 0.356 e. The third-order valence-corrected chi connectivity index (χ3v) is 1.66. The van der Waals surface area contributed by atoms with Gasteiger partial charge in [-0.2, -0.15) is 0 Å². The van der Waals surface area contributed by atoms with Crippen molar-refractivity contribution in [2.24, 2.45) is 0 Å². The van der Waals surface area contributed by atoms with Crippen LogP contribution in [-0.2, 0) is 0 Å². The number of fused-ring (bicyclic) bond motifs is 1. The molecule has 2 heterocycles. The van der Waals surface area contributed by atoms with E-state index in [1.807, 2.05) is 0 Å². The monoisotopic (exact) mass is 188 g/mol. The molecule has 0 aromatic carbocycles. The fraction of sp³-hybridized carbons (Fsp3) is 0. The van der Waals surface area contributed by atoms with Gasteiger partial charge in [-0.25, -0.2) is 9.78 Å². The molecule has 2 aromatic heterocycles. The minimum absolute atomic E-state index is 0.0774. The van der Waals surface area contributed by atoms with Crippen LogP contribution in [0.3, 0.4) is 0 Å². The highest BCUT2D eigenvalue weighted by atomic mass is 16.4. The number of rotatable bonds is 1. The van der Waals surface area contributed by atoms with Crippen LogP contribution in [0.25, 0.3) is 10.5 Å². The summed E-state index contributed by atoms with van der Waals surface area (Å²) in [5.74, 6) is -0.890. The minimum atomic E-state index is -1.11. The predicted octanol–water partition coefficient (Wildman–Crippen LogP) is 0.978. The molecule has 0 atom stereocenters. The van der Waals surface area contributed by atoms with Gasteiger partial charge in [-0.1, -0.05) is 11.6 Å². The molecule has 0 aliphatic heterocycles. The Morgan fingerprint density at radius 2 is 2.36 bits per heavy atom. The quantitative estimate of drug-likeness (QED) is 0.677. The molecule has 14 heavy (non-hydrogen) atoms. The molecule has 0 radical (unpaired) electrons. The van der Waals surface area contributed by atoms with Crippen LogP contribution in [0.15, 0.2) is 18.6 Å². The molecule has 0 aliphatic carbocycles. The minimum Gasteiger partial charge on any atom is -0.476 e. The zero-order chi connectivity index (χ0) is 10.1. The second-order valence-electron chi connectivity index (χ2n) is 2.55. The van der Waals surface area contributed by atoms with E-state index in [0.717, 1.165) is 0 Å². The molecule has 0 amide bonds. The van der Waals surface area contributed by atoms with Crippen molar-refractivity contribution in [1.29, 1.82) is 0 Å². The summed E-state index contributed by atoms with van der Waals surface area (Å²) < 4.78 is 1.46. The van der Waals surface area contributed by atoms with Crippen molar-refractivity contribution in [3.05, 3.63) is 35.7 Å². The molecule has 0 fully saturated rings. The summed E-state index contributed by atoms with van der Waals surface area (Å²) in [5, 5.41) is 8.65. The maximum absolute atomic E-state index is 10.6. The Morgan fingerprint density at radius 1 is 1.57 bits per heavy atom. The molecular formula is C8H4N4O2. The maximum atomic E-state index is 10.6. The van der Waals surface area contributed by atoms with E-state index in [1.165, 1.54) is 23.0 Å². The molecule has 68 valence electrons. The van der Waals surface area contributed by atoms with Gasteiger partial charge in [0.2, 0.25) is 5.65 Å². The smallest absolute Gasteiger partial charge is 0.356 e. The van der Waals surface area contributed by atoms with Crippen LogP contribution in [0.2, 0.25) is 0 Å². The molecule has 1 N–H and O–H groups in total. The standard InChI is InChI=1S/C8H4N4O2/c1-9-6-4-12-3-5(8(13)14)10-2-7(12)11-6/h2-4H,(H,13,14). The molecule has 2 rings (SSSR count). The zero-order valence-electron chi connectivity index (χ0n) is 6.88. The first-order valence-corrected chi connectivity index (χ1v) is 3.66. The average Bonchev–Trinajstić information content (AvgIpc) is 2.58. The Labute approximate surface area is 78.3 Å². The second-order valence-corrected chi connectivity index (χ2v) is 2.55. The third-order valence-electron chi connectivity index (χ3n) is 1.66. The van der Waals surface area contributed by atoms with Gasteiger partial charge in [-0.15, -0.1) is 0 Å². The number of nitrogens with zero attached hydrogens (tertiary/aromatic N) is 4. The van der Waals surface area contributed by atoms with E-state index in [0.29, 0.717) is 5.65 Å². The largest absolute Gasteiger partial charge is 0.476 e. The van der Waals surface area contributed by atoms with E-state index in [1.54, 1.807) is 0 Å². The third kappa shape index (κ3) is 1.17. The summed E-state index contributed by atoms with van der Waals surface area (Å²) in [6.07, 6.45) is 4.09. The van der Waals surface area contributed by atoms with E-state index in [-0.39, 0.29) is 11.5 Å². The molecule has 2 aromatic rings. The number of hydrogen-bond donors (Lipinski definition) is 1. The van der Waals surface area contributed by atoms with Gasteiger partial charge in [0.1, 0.15) is 0 Å². The summed E-state index contributed by atoms with van der Waals surface area (Å²) >= 11 is 0. The van der Waals surface area contributed by atoms with Crippen LogP contribution >= 0.6 is 0 Å². The SMILES string of the molecule is [C-]#[N+]c1cn2cc(C(=O)O)ncc2n1. The normalized spacial score (nSPS) is 9.93. The van der Waals surface area contributed by atoms with E-state index >= 15 is 0 Å². The van der Waals surface area contributed by atoms with Crippen LogP contribution < -0.4 is 0 Å². The lowest BCUT2D eigenvalue weighted by Crippen LogP contribution is -2.01. The summed E-state index contributed by atoms with van der Waals surface area (Å²) in [6, 6.07) is 0. The van der Waals surface area contributed by atoms with Gasteiger partial charge in [-0.3, -0.25) is 4.40 Å². The van der Waals surface area contributed by atoms with E-state index in [2.05, 4.69) is 14.8 Å². The fourth-order valence-electron chi connectivity index (χ4n) is 1.05. The molecule has 0 spiro atoms. The van der Waals surface area contributed by atoms with Gasteiger partial charge < -0.3 is 9.95 Å². The van der Waals surface area contributed by atoms with Crippen LogP contribution in [-0.4, -0.2) is 25.4 Å². The number of hydrogen-bond acceptors (Lipinski definition) is 3. The van der Waals surface area contributed by atoms with Crippen molar-refractivity contribution in [3.63, 3.8) is 0 Å². The lowest BCUT2D eigenvalue weighted by Gasteiger charge is -1.92. The summed E-state index contributed by atoms with van der Waals surface area (Å²) in [5.41, 5.74) is 0.382. The van der Waals surface area contributed by atoms with Gasteiger partial charge in [0, 0.05) is 12.4 Å². The summed E-state index contributed by atoms with van der Waals surface area (Å²) in [6.45, 7) is 6.73. The molecule has 0 aliphatic rings. The van der Waals surface area contributed by atoms with E-state index in [4.69, 9.17) is 11.7 Å². The van der Waals surface area contributed by atoms with Crippen LogP contribution in [0.5, 0.6) is 0 Å². The number of imidazole rings is 1. The van der Waals surface area contributed by atoms with E-state index < -0.39 is 5.97 Å². The Kier molecular flexibility index (Phi) is 1.65. The highest BCUT2D eigenvalue weighted by Gasteiger charge is 2.08. The summed E-state index contributed by atoms with van der Waals surface area (Å²) in [4.78, 5) is 21.2. The first-order valence-electron chi connectivity index (χ1n) is 3.66. The first-order chi connectivity index (χ1) is 6.70. The average molecular weight is 188 g/mol. The van der Waals surface area contributed by atoms with Crippen molar-refractivity contribution in [2.45, 2.75) is 0 Å². The Morgan fingerprint density at radius 3 is 3.00 bits per heavy atom. The molecule has 0 unspecified atom stereocenters. The Balaban J connectivity index is 2.66. The number of aromatic nitrogens is 3. The van der Waals surface area contributed by atoms with Crippen LogP contribution in [0.4, 0.5) is 5.82 Å². The molecule has 0 saturated carbocycles. The molecular weight excluding hydrogens is 184 g/mol. The van der Waals surface area contributed by atoms with Crippen LogP contribution in [0.1, 0.15) is 10.5 Å². The number of carboxylic acids is 1. The highest BCUT2D eigenvalue weighted by Crippen LogP contribution is 2.11. The van der Waals surface area contributed by atoms with Gasteiger partial charge in [0.05, 0.1) is 6.20 Å². The first kappa shape index (κ1) is 8.19. The van der Waals surface area contributed by atoms with Gasteiger partial charge >= 0.3 is 5.97 Å².